The highest BCUT2D eigenvalue weighted by molar-refractivity contribution is 9.10. The van der Waals surface area contributed by atoms with Gasteiger partial charge >= 0.3 is 0 Å². The van der Waals surface area contributed by atoms with Gasteiger partial charge in [0.05, 0.1) is 25.0 Å². The molecule has 4 nitrogen and oxygen atoms in total. The van der Waals surface area contributed by atoms with Crippen LogP contribution in [0, 0.1) is 0 Å². The van der Waals surface area contributed by atoms with Crippen LogP contribution in [0.2, 0.25) is 0 Å². The predicted octanol–water partition coefficient (Wildman–Crippen LogP) is 1.76. The van der Waals surface area contributed by atoms with E-state index in [0.29, 0.717) is 6.61 Å². The van der Waals surface area contributed by atoms with E-state index in [4.69, 9.17) is 4.74 Å². The summed E-state index contributed by atoms with van der Waals surface area (Å²) in [7, 11) is 0. The first-order valence-electron chi connectivity index (χ1n) is 6.71. The molecule has 106 valence electrons. The number of ether oxygens (including phenoxy) is 1. The zero-order valence-corrected chi connectivity index (χ0v) is 12.8. The number of rotatable bonds is 5. The van der Waals surface area contributed by atoms with Crippen LogP contribution in [0.1, 0.15) is 12.5 Å². The van der Waals surface area contributed by atoms with Crippen LogP contribution < -0.4 is 10.2 Å². The molecule has 5 heteroatoms. The van der Waals surface area contributed by atoms with Gasteiger partial charge < -0.3 is 20.1 Å². The first-order valence-corrected chi connectivity index (χ1v) is 7.50. The smallest absolute Gasteiger partial charge is 0.0980 e. The lowest BCUT2D eigenvalue weighted by atomic mass is 10.1. The van der Waals surface area contributed by atoms with E-state index in [1.165, 1.54) is 11.3 Å². The topological polar surface area (TPSA) is 44.7 Å². The monoisotopic (exact) mass is 328 g/mol. The fraction of sp³-hybridized carbons (Fsp3) is 0.571. The molecular weight excluding hydrogens is 308 g/mol. The number of hydrogen-bond acceptors (Lipinski definition) is 4. The molecule has 1 aliphatic rings. The fourth-order valence-corrected chi connectivity index (χ4v) is 2.91. The summed E-state index contributed by atoms with van der Waals surface area (Å²) in [5.74, 6) is 0. The van der Waals surface area contributed by atoms with Gasteiger partial charge in [0.2, 0.25) is 0 Å². The van der Waals surface area contributed by atoms with Gasteiger partial charge in [-0.25, -0.2) is 0 Å². The average molecular weight is 329 g/mol. The molecule has 1 fully saturated rings. The van der Waals surface area contributed by atoms with Crippen molar-refractivity contribution in [2.45, 2.75) is 19.6 Å². The highest BCUT2D eigenvalue weighted by Gasteiger charge is 2.21. The Balaban J connectivity index is 2.07. The van der Waals surface area contributed by atoms with Gasteiger partial charge in [-0.1, -0.05) is 13.0 Å². The van der Waals surface area contributed by atoms with E-state index in [1.807, 2.05) is 0 Å². The van der Waals surface area contributed by atoms with E-state index in [2.05, 4.69) is 51.3 Å². The largest absolute Gasteiger partial charge is 0.394 e. The minimum absolute atomic E-state index is 0.0760. The Hall–Kier alpha value is -0.620. The van der Waals surface area contributed by atoms with Crippen molar-refractivity contribution < 1.29 is 9.84 Å². The number of aliphatic hydroxyl groups excluding tert-OH is 1. The minimum atomic E-state index is -0.0814. The summed E-state index contributed by atoms with van der Waals surface area (Å²) >= 11 is 3.64. The van der Waals surface area contributed by atoms with Crippen molar-refractivity contribution in [3.63, 3.8) is 0 Å². The number of hydrogen-bond donors (Lipinski definition) is 2. The third-order valence-electron chi connectivity index (χ3n) is 3.27. The van der Waals surface area contributed by atoms with Crippen molar-refractivity contribution in [1.82, 2.24) is 5.32 Å². The lowest BCUT2D eigenvalue weighted by Crippen LogP contribution is -2.44. The SMILES string of the molecule is CCNCc1ccc(N2CCOC(CO)C2)c(Br)c1. The van der Waals surface area contributed by atoms with E-state index in [9.17, 15) is 5.11 Å². The third-order valence-corrected chi connectivity index (χ3v) is 3.91. The number of anilines is 1. The Morgan fingerprint density at radius 2 is 2.37 bits per heavy atom. The summed E-state index contributed by atoms with van der Waals surface area (Å²) in [5, 5.41) is 12.5. The first-order chi connectivity index (χ1) is 9.24. The van der Waals surface area contributed by atoms with E-state index < -0.39 is 0 Å². The van der Waals surface area contributed by atoms with Gasteiger partial charge in [0.25, 0.3) is 0 Å². The van der Waals surface area contributed by atoms with Crippen LogP contribution in [-0.4, -0.2) is 44.1 Å². The molecule has 1 aromatic rings. The van der Waals surface area contributed by atoms with E-state index in [0.717, 1.165) is 30.7 Å². The van der Waals surface area contributed by atoms with Gasteiger partial charge in [-0.3, -0.25) is 0 Å². The molecule has 1 aliphatic heterocycles. The Bertz CT molecular complexity index is 414. The molecule has 19 heavy (non-hydrogen) atoms. The highest BCUT2D eigenvalue weighted by Crippen LogP contribution is 2.28. The van der Waals surface area contributed by atoms with Gasteiger partial charge in [-0.2, -0.15) is 0 Å². The van der Waals surface area contributed by atoms with Crippen molar-refractivity contribution in [1.29, 1.82) is 0 Å². The molecule has 1 aromatic carbocycles. The fourth-order valence-electron chi connectivity index (χ4n) is 2.23. The molecule has 0 saturated carbocycles. The van der Waals surface area contributed by atoms with Crippen molar-refractivity contribution in [3.8, 4) is 0 Å². The number of nitrogens with one attached hydrogen (secondary N) is 1. The summed E-state index contributed by atoms with van der Waals surface area (Å²) in [6.45, 7) is 6.30. The molecule has 0 aromatic heterocycles. The maximum atomic E-state index is 9.19. The molecule has 1 saturated heterocycles. The number of nitrogens with zero attached hydrogens (tertiary/aromatic N) is 1. The normalized spacial score (nSPS) is 19.7. The van der Waals surface area contributed by atoms with Crippen molar-refractivity contribution in [3.05, 3.63) is 28.2 Å². The zero-order valence-electron chi connectivity index (χ0n) is 11.2. The van der Waals surface area contributed by atoms with Gasteiger partial charge in [0, 0.05) is 24.1 Å². The molecule has 0 aliphatic carbocycles. The van der Waals surface area contributed by atoms with E-state index >= 15 is 0 Å². The van der Waals surface area contributed by atoms with Crippen LogP contribution in [0.3, 0.4) is 0 Å². The second-order valence-electron chi connectivity index (χ2n) is 4.69. The van der Waals surface area contributed by atoms with Crippen LogP contribution in [0.25, 0.3) is 0 Å². The second kappa shape index (κ2) is 7.24. The summed E-state index contributed by atoms with van der Waals surface area (Å²) in [6.07, 6.45) is -0.0814. The Labute approximate surface area is 122 Å². The summed E-state index contributed by atoms with van der Waals surface area (Å²) in [4.78, 5) is 2.26. The van der Waals surface area contributed by atoms with E-state index in [-0.39, 0.29) is 12.7 Å². The van der Waals surface area contributed by atoms with Crippen LogP contribution in [0.5, 0.6) is 0 Å². The molecule has 0 amide bonds. The minimum Gasteiger partial charge on any atom is -0.394 e. The maximum Gasteiger partial charge on any atom is 0.0980 e. The number of halogens is 1. The molecule has 0 radical (unpaired) electrons. The summed E-state index contributed by atoms with van der Waals surface area (Å²) < 4.78 is 6.58. The Morgan fingerprint density at radius 3 is 3.05 bits per heavy atom. The maximum absolute atomic E-state index is 9.19. The Kier molecular flexibility index (Phi) is 5.63. The molecule has 2 N–H and O–H groups in total. The van der Waals surface area contributed by atoms with Crippen molar-refractivity contribution >= 4 is 21.6 Å². The zero-order chi connectivity index (χ0) is 13.7. The molecule has 0 spiro atoms. The first kappa shape index (κ1) is 14.8. The predicted molar refractivity (Wildman–Crippen MR) is 80.6 cm³/mol. The van der Waals surface area contributed by atoms with Gasteiger partial charge in [0.15, 0.2) is 0 Å². The van der Waals surface area contributed by atoms with Crippen LogP contribution >= 0.6 is 15.9 Å². The lowest BCUT2D eigenvalue weighted by Gasteiger charge is -2.34. The van der Waals surface area contributed by atoms with Crippen molar-refractivity contribution in [2.75, 3.05) is 37.7 Å². The summed E-state index contributed by atoms with van der Waals surface area (Å²) in [5.41, 5.74) is 2.44. The highest BCUT2D eigenvalue weighted by atomic mass is 79.9. The standard InChI is InChI=1S/C14H21BrN2O2/c1-2-16-8-11-3-4-14(13(15)7-11)17-5-6-19-12(9-17)10-18/h3-4,7,12,16,18H,2,5-6,8-10H2,1H3. The number of morpholine rings is 1. The van der Waals surface area contributed by atoms with Crippen LogP contribution in [0.4, 0.5) is 5.69 Å². The number of benzene rings is 1. The lowest BCUT2D eigenvalue weighted by molar-refractivity contribution is 0.00353. The van der Waals surface area contributed by atoms with Crippen molar-refractivity contribution in [2.24, 2.45) is 0 Å². The van der Waals surface area contributed by atoms with Gasteiger partial charge in [0.1, 0.15) is 0 Å². The quantitative estimate of drug-likeness (QED) is 0.864. The third kappa shape index (κ3) is 3.92. The Morgan fingerprint density at radius 1 is 1.53 bits per heavy atom. The van der Waals surface area contributed by atoms with Crippen LogP contribution in [0.15, 0.2) is 22.7 Å². The number of aliphatic hydroxyl groups is 1. The van der Waals surface area contributed by atoms with Gasteiger partial charge in [-0.05, 0) is 40.2 Å². The van der Waals surface area contributed by atoms with Crippen LogP contribution in [-0.2, 0) is 11.3 Å². The molecule has 1 atom stereocenters. The summed E-state index contributed by atoms with van der Waals surface area (Å²) in [6, 6.07) is 6.43. The average Bonchev–Trinajstić information content (AvgIpc) is 2.45. The van der Waals surface area contributed by atoms with E-state index in [1.54, 1.807) is 0 Å². The molecule has 1 heterocycles. The molecular formula is C14H21BrN2O2. The second-order valence-corrected chi connectivity index (χ2v) is 5.54. The molecule has 1 unspecified atom stereocenters. The van der Waals surface area contributed by atoms with Gasteiger partial charge in [-0.15, -0.1) is 0 Å². The molecule has 2 rings (SSSR count). The molecule has 0 bridgehead atoms.